The predicted octanol–water partition coefficient (Wildman–Crippen LogP) is 3.52. The van der Waals surface area contributed by atoms with Gasteiger partial charge in [-0.15, -0.1) is 0 Å². The molecular weight excluding hydrogens is 198 g/mol. The number of unbranched alkanes of at least 4 members (excludes halogenated alkanes) is 3. The van der Waals surface area contributed by atoms with Crippen molar-refractivity contribution in [2.24, 2.45) is 0 Å². The number of hydrogen-bond acceptors (Lipinski definition) is 1. The zero-order chi connectivity index (χ0) is 11.8. The quantitative estimate of drug-likeness (QED) is 0.576. The second kappa shape index (κ2) is 7.48. The van der Waals surface area contributed by atoms with Gasteiger partial charge in [0.25, 0.3) is 0 Å². The van der Waals surface area contributed by atoms with Gasteiger partial charge in [-0.25, -0.2) is 0 Å². The van der Waals surface area contributed by atoms with Gasteiger partial charge in [0.2, 0.25) is 5.91 Å². The van der Waals surface area contributed by atoms with Gasteiger partial charge in [-0.3, -0.25) is 4.79 Å². The third-order valence-electron chi connectivity index (χ3n) is 3.30. The number of carbonyl (C=O) groups excluding carboxylic acids is 1. The van der Waals surface area contributed by atoms with E-state index in [0.29, 0.717) is 6.04 Å². The van der Waals surface area contributed by atoms with Crippen molar-refractivity contribution in [1.82, 2.24) is 4.90 Å². The lowest BCUT2D eigenvalue weighted by Gasteiger charge is -2.27. The molecule has 0 bridgehead atoms. The fraction of sp³-hybridized carbons (Fsp3) is 0.786. The molecule has 1 amide bonds. The van der Waals surface area contributed by atoms with Crippen molar-refractivity contribution in [3.05, 3.63) is 12.2 Å². The molecule has 0 radical (unpaired) electrons. The van der Waals surface area contributed by atoms with Crippen LogP contribution in [0.1, 0.15) is 58.8 Å². The lowest BCUT2D eigenvalue weighted by molar-refractivity contribution is -0.126. The molecule has 0 saturated heterocycles. The Hall–Kier alpha value is -0.790. The van der Waals surface area contributed by atoms with Crippen molar-refractivity contribution in [3.63, 3.8) is 0 Å². The maximum Gasteiger partial charge on any atom is 0.246 e. The summed E-state index contributed by atoms with van der Waals surface area (Å²) in [7, 11) is 0. The van der Waals surface area contributed by atoms with Gasteiger partial charge >= 0.3 is 0 Å². The first-order valence-corrected chi connectivity index (χ1v) is 6.76. The van der Waals surface area contributed by atoms with E-state index >= 15 is 0 Å². The summed E-state index contributed by atoms with van der Waals surface area (Å²) in [5, 5.41) is 0. The molecule has 1 rings (SSSR count). The van der Waals surface area contributed by atoms with E-state index in [4.69, 9.17) is 0 Å². The molecule has 0 aromatic carbocycles. The minimum absolute atomic E-state index is 0.217. The molecule has 1 heterocycles. The van der Waals surface area contributed by atoms with E-state index in [9.17, 15) is 4.79 Å². The average molecular weight is 223 g/mol. The number of carbonyl (C=O) groups is 1. The van der Waals surface area contributed by atoms with Gasteiger partial charge in [-0.2, -0.15) is 0 Å². The van der Waals surface area contributed by atoms with E-state index in [2.05, 4.69) is 13.8 Å². The zero-order valence-electron chi connectivity index (χ0n) is 10.7. The Labute approximate surface area is 99.7 Å². The Morgan fingerprint density at radius 2 is 2.00 bits per heavy atom. The van der Waals surface area contributed by atoms with Crippen molar-refractivity contribution in [3.8, 4) is 0 Å². The third-order valence-corrected chi connectivity index (χ3v) is 3.30. The maximum absolute atomic E-state index is 11.6. The molecule has 0 aromatic heterocycles. The summed E-state index contributed by atoms with van der Waals surface area (Å²) in [5.74, 6) is 0.217. The van der Waals surface area contributed by atoms with Crippen LogP contribution in [-0.2, 0) is 4.79 Å². The molecule has 0 aromatic rings. The second-order valence-electron chi connectivity index (χ2n) is 4.68. The lowest BCUT2D eigenvalue weighted by Crippen LogP contribution is -2.36. The first-order valence-electron chi connectivity index (χ1n) is 6.76. The van der Waals surface area contributed by atoms with Crippen molar-refractivity contribution < 1.29 is 4.79 Å². The van der Waals surface area contributed by atoms with Crippen LogP contribution < -0.4 is 0 Å². The van der Waals surface area contributed by atoms with Gasteiger partial charge in [0, 0.05) is 18.7 Å². The predicted molar refractivity (Wildman–Crippen MR) is 68.3 cm³/mol. The molecule has 1 unspecified atom stereocenters. The molecule has 1 aliphatic rings. The molecule has 0 aliphatic carbocycles. The van der Waals surface area contributed by atoms with E-state index < -0.39 is 0 Å². The highest BCUT2D eigenvalue weighted by Gasteiger charge is 2.22. The molecule has 2 heteroatoms. The van der Waals surface area contributed by atoms with E-state index in [1.807, 2.05) is 11.0 Å². The normalized spacial score (nSPS) is 17.1. The molecule has 0 saturated carbocycles. The summed E-state index contributed by atoms with van der Waals surface area (Å²) >= 11 is 0. The number of hydrogen-bond donors (Lipinski definition) is 0. The van der Waals surface area contributed by atoms with Gasteiger partial charge in [0.1, 0.15) is 0 Å². The third kappa shape index (κ3) is 3.99. The minimum Gasteiger partial charge on any atom is -0.332 e. The van der Waals surface area contributed by atoms with Gasteiger partial charge in [-0.1, -0.05) is 52.0 Å². The summed E-state index contributed by atoms with van der Waals surface area (Å²) in [4.78, 5) is 13.7. The summed E-state index contributed by atoms with van der Waals surface area (Å²) in [6, 6.07) is 0.476. The topological polar surface area (TPSA) is 20.3 Å². The zero-order valence-corrected chi connectivity index (χ0v) is 10.7. The van der Waals surface area contributed by atoms with Crippen LogP contribution in [-0.4, -0.2) is 23.4 Å². The maximum atomic E-state index is 11.6. The van der Waals surface area contributed by atoms with E-state index in [0.717, 1.165) is 13.0 Å². The highest BCUT2D eigenvalue weighted by molar-refractivity contribution is 5.90. The Morgan fingerprint density at radius 3 is 2.56 bits per heavy atom. The molecular formula is C14H25NO. The number of nitrogens with zero attached hydrogens (tertiary/aromatic N) is 1. The molecule has 1 atom stereocenters. The van der Waals surface area contributed by atoms with Crippen molar-refractivity contribution in [1.29, 1.82) is 0 Å². The Balaban J connectivity index is 2.32. The standard InChI is InChI=1S/C14H25NO/c1-3-5-6-7-10-13(9-4-2)15-12-8-11-14(15)16/h8,11,13H,3-7,9-10,12H2,1-2H3. The average Bonchev–Trinajstić information content (AvgIpc) is 2.69. The van der Waals surface area contributed by atoms with Gasteiger partial charge in [0.15, 0.2) is 0 Å². The molecule has 16 heavy (non-hydrogen) atoms. The largest absolute Gasteiger partial charge is 0.332 e. The van der Waals surface area contributed by atoms with Crippen LogP contribution in [0.25, 0.3) is 0 Å². The number of amides is 1. The Bertz CT molecular complexity index is 235. The van der Waals surface area contributed by atoms with Crippen LogP contribution in [0.4, 0.5) is 0 Å². The monoisotopic (exact) mass is 223 g/mol. The summed E-state index contributed by atoms with van der Waals surface area (Å²) < 4.78 is 0. The number of rotatable bonds is 8. The van der Waals surface area contributed by atoms with E-state index in [1.54, 1.807) is 6.08 Å². The van der Waals surface area contributed by atoms with Gasteiger partial charge < -0.3 is 4.90 Å². The summed E-state index contributed by atoms with van der Waals surface area (Å²) in [5.41, 5.74) is 0. The SMILES string of the molecule is CCCCCCC(CCC)N1CC=CC1=O. The molecule has 0 N–H and O–H groups in total. The van der Waals surface area contributed by atoms with Crippen LogP contribution in [0.3, 0.4) is 0 Å². The molecule has 0 fully saturated rings. The molecule has 92 valence electrons. The van der Waals surface area contributed by atoms with Crippen LogP contribution in [0, 0.1) is 0 Å². The first kappa shape index (κ1) is 13.3. The van der Waals surface area contributed by atoms with Crippen LogP contribution >= 0.6 is 0 Å². The molecule has 0 spiro atoms. The van der Waals surface area contributed by atoms with Crippen molar-refractivity contribution in [2.45, 2.75) is 64.8 Å². The summed E-state index contributed by atoms with van der Waals surface area (Å²) in [6.45, 7) is 5.27. The lowest BCUT2D eigenvalue weighted by atomic mass is 10.0. The van der Waals surface area contributed by atoms with Crippen LogP contribution in [0.2, 0.25) is 0 Å². The van der Waals surface area contributed by atoms with Crippen molar-refractivity contribution in [2.75, 3.05) is 6.54 Å². The fourth-order valence-corrected chi connectivity index (χ4v) is 2.38. The summed E-state index contributed by atoms with van der Waals surface area (Å²) in [6.07, 6.45) is 12.4. The van der Waals surface area contributed by atoms with Crippen LogP contribution in [0.15, 0.2) is 12.2 Å². The molecule has 1 aliphatic heterocycles. The van der Waals surface area contributed by atoms with Crippen molar-refractivity contribution >= 4 is 5.91 Å². The van der Waals surface area contributed by atoms with Crippen LogP contribution in [0.5, 0.6) is 0 Å². The Morgan fingerprint density at radius 1 is 1.19 bits per heavy atom. The van der Waals surface area contributed by atoms with E-state index in [-0.39, 0.29) is 5.91 Å². The van der Waals surface area contributed by atoms with E-state index in [1.165, 1.54) is 38.5 Å². The highest BCUT2D eigenvalue weighted by Crippen LogP contribution is 2.18. The minimum atomic E-state index is 0.217. The fourth-order valence-electron chi connectivity index (χ4n) is 2.38. The second-order valence-corrected chi connectivity index (χ2v) is 4.68. The van der Waals surface area contributed by atoms with Gasteiger partial charge in [-0.05, 0) is 12.8 Å². The first-order chi connectivity index (χ1) is 7.79. The Kier molecular flexibility index (Phi) is 6.20. The van der Waals surface area contributed by atoms with Gasteiger partial charge in [0.05, 0.1) is 0 Å². The smallest absolute Gasteiger partial charge is 0.246 e. The highest BCUT2D eigenvalue weighted by atomic mass is 16.2. The molecule has 2 nitrogen and oxygen atoms in total.